The van der Waals surface area contributed by atoms with Gasteiger partial charge in [0.1, 0.15) is 23.4 Å². The molecule has 2 N–H and O–H groups in total. The lowest BCUT2D eigenvalue weighted by molar-refractivity contribution is 0.0194. The molecular formula is C27H38O6. The molecule has 0 aliphatic carbocycles. The van der Waals surface area contributed by atoms with Crippen LogP contribution < -0.4 is 18.9 Å². The van der Waals surface area contributed by atoms with Crippen molar-refractivity contribution in [3.63, 3.8) is 0 Å². The molecule has 1 aliphatic rings. The largest absolute Gasteiger partial charge is 0.504 e. The molecule has 6 nitrogen and oxygen atoms in total. The second-order valence-electron chi connectivity index (χ2n) is 8.54. The van der Waals surface area contributed by atoms with Gasteiger partial charge in [0.25, 0.3) is 0 Å². The number of phenols is 1. The lowest BCUT2D eigenvalue weighted by atomic mass is 9.93. The zero-order valence-corrected chi connectivity index (χ0v) is 20.1. The van der Waals surface area contributed by atoms with Crippen LogP contribution >= 0.6 is 0 Å². The zero-order valence-electron chi connectivity index (χ0n) is 20.1. The summed E-state index contributed by atoms with van der Waals surface area (Å²) in [5.74, 6) is 2.54. The summed E-state index contributed by atoms with van der Waals surface area (Å²) in [6, 6.07) is 8.95. The first kappa shape index (κ1) is 25.0. The Morgan fingerprint density at radius 2 is 1.48 bits per heavy atom. The number of unbranched alkanes of at least 4 members (excludes halogenated alkanes) is 3. The number of rotatable bonds is 13. The second-order valence-corrected chi connectivity index (χ2v) is 8.54. The van der Waals surface area contributed by atoms with Gasteiger partial charge in [0, 0.05) is 24.1 Å². The summed E-state index contributed by atoms with van der Waals surface area (Å²) < 4.78 is 23.9. The van der Waals surface area contributed by atoms with Gasteiger partial charge in [-0.2, -0.15) is 0 Å². The minimum absolute atomic E-state index is 0.0467. The van der Waals surface area contributed by atoms with Gasteiger partial charge in [0.15, 0.2) is 11.5 Å². The van der Waals surface area contributed by atoms with E-state index < -0.39 is 12.2 Å². The highest BCUT2D eigenvalue weighted by Gasteiger charge is 2.33. The van der Waals surface area contributed by atoms with Crippen molar-refractivity contribution in [1.82, 2.24) is 0 Å². The fourth-order valence-electron chi connectivity index (χ4n) is 3.76. The molecule has 2 atom stereocenters. The number of aliphatic hydroxyl groups is 1. The van der Waals surface area contributed by atoms with Crippen LogP contribution in [0.5, 0.6) is 28.7 Å². The number of benzene rings is 2. The molecule has 0 spiro atoms. The van der Waals surface area contributed by atoms with E-state index in [4.69, 9.17) is 18.9 Å². The van der Waals surface area contributed by atoms with Gasteiger partial charge >= 0.3 is 0 Å². The minimum atomic E-state index is -0.774. The fraction of sp³-hybridized carbons (Fsp3) is 0.556. The van der Waals surface area contributed by atoms with Crippen molar-refractivity contribution >= 4 is 0 Å². The molecule has 182 valence electrons. The first-order valence-electron chi connectivity index (χ1n) is 12.3. The predicted molar refractivity (Wildman–Crippen MR) is 129 cm³/mol. The van der Waals surface area contributed by atoms with E-state index in [1.165, 1.54) is 0 Å². The van der Waals surface area contributed by atoms with Crippen LogP contribution in [-0.2, 0) is 6.42 Å². The van der Waals surface area contributed by atoms with Gasteiger partial charge in [-0.25, -0.2) is 0 Å². The SMILES string of the molecule is CCCCOc1cc(OCCCC)c2c(c1)O[C@H](c1ccc(OCCCC)c(O)c1)[C@H](O)C2. The van der Waals surface area contributed by atoms with Gasteiger partial charge in [-0.1, -0.05) is 46.1 Å². The molecule has 0 bridgehead atoms. The van der Waals surface area contributed by atoms with E-state index in [0.29, 0.717) is 54.8 Å². The van der Waals surface area contributed by atoms with Crippen LogP contribution in [0.1, 0.15) is 76.5 Å². The van der Waals surface area contributed by atoms with Crippen molar-refractivity contribution in [2.45, 2.75) is 77.9 Å². The first-order valence-corrected chi connectivity index (χ1v) is 12.3. The van der Waals surface area contributed by atoms with Crippen LogP contribution in [-0.4, -0.2) is 36.1 Å². The Balaban J connectivity index is 1.82. The second kappa shape index (κ2) is 12.6. The van der Waals surface area contributed by atoms with Crippen molar-refractivity contribution in [3.8, 4) is 28.7 Å². The van der Waals surface area contributed by atoms with E-state index >= 15 is 0 Å². The molecule has 2 aromatic rings. The van der Waals surface area contributed by atoms with Crippen molar-refractivity contribution < 1.29 is 29.2 Å². The number of hydrogen-bond donors (Lipinski definition) is 2. The van der Waals surface area contributed by atoms with E-state index in [-0.39, 0.29) is 5.75 Å². The van der Waals surface area contributed by atoms with E-state index in [1.807, 2.05) is 18.2 Å². The summed E-state index contributed by atoms with van der Waals surface area (Å²) in [5.41, 5.74) is 1.54. The Bertz CT molecular complexity index is 881. The normalized spacial score (nSPS) is 17.2. The highest BCUT2D eigenvalue weighted by Crippen LogP contribution is 2.43. The predicted octanol–water partition coefficient (Wildman–Crippen LogP) is 5.97. The van der Waals surface area contributed by atoms with Crippen LogP contribution in [0.15, 0.2) is 30.3 Å². The molecular weight excluding hydrogens is 420 g/mol. The molecule has 0 unspecified atom stereocenters. The number of aromatic hydroxyl groups is 1. The summed E-state index contributed by atoms with van der Waals surface area (Å²) in [4.78, 5) is 0. The van der Waals surface area contributed by atoms with Gasteiger partial charge in [-0.3, -0.25) is 0 Å². The van der Waals surface area contributed by atoms with Crippen LogP contribution in [0.3, 0.4) is 0 Å². The van der Waals surface area contributed by atoms with Crippen LogP contribution in [0, 0.1) is 0 Å². The molecule has 6 heteroatoms. The lowest BCUT2D eigenvalue weighted by Gasteiger charge is -2.32. The molecule has 0 aromatic heterocycles. The van der Waals surface area contributed by atoms with Crippen LogP contribution in [0.25, 0.3) is 0 Å². The molecule has 2 aromatic carbocycles. The summed E-state index contributed by atoms with van der Waals surface area (Å²) in [5, 5.41) is 21.3. The zero-order chi connectivity index (χ0) is 23.6. The molecule has 0 amide bonds. The number of hydrogen-bond acceptors (Lipinski definition) is 6. The Labute approximate surface area is 197 Å². The molecule has 0 radical (unpaired) electrons. The molecule has 1 heterocycles. The van der Waals surface area contributed by atoms with Gasteiger partial charge < -0.3 is 29.2 Å². The number of fused-ring (bicyclic) bond motifs is 1. The monoisotopic (exact) mass is 458 g/mol. The third-order valence-electron chi connectivity index (χ3n) is 5.75. The van der Waals surface area contributed by atoms with E-state index in [0.717, 1.165) is 44.1 Å². The Kier molecular flexibility index (Phi) is 9.55. The Hall–Kier alpha value is -2.60. The van der Waals surface area contributed by atoms with Gasteiger partial charge in [-0.05, 0) is 37.0 Å². The highest BCUT2D eigenvalue weighted by molar-refractivity contribution is 5.53. The molecule has 0 saturated carbocycles. The third kappa shape index (κ3) is 6.70. The smallest absolute Gasteiger partial charge is 0.160 e. The topological polar surface area (TPSA) is 77.4 Å². The average molecular weight is 459 g/mol. The van der Waals surface area contributed by atoms with Crippen molar-refractivity contribution in [2.24, 2.45) is 0 Å². The minimum Gasteiger partial charge on any atom is -0.504 e. The Morgan fingerprint density at radius 1 is 0.848 bits per heavy atom. The first-order chi connectivity index (χ1) is 16.1. The van der Waals surface area contributed by atoms with Gasteiger partial charge in [0.05, 0.1) is 25.9 Å². The number of ether oxygens (including phenoxy) is 4. The number of aliphatic hydroxyl groups excluding tert-OH is 1. The maximum absolute atomic E-state index is 10.9. The molecule has 0 fully saturated rings. The van der Waals surface area contributed by atoms with E-state index in [1.54, 1.807) is 12.1 Å². The van der Waals surface area contributed by atoms with Crippen LogP contribution in [0.2, 0.25) is 0 Å². The molecule has 0 saturated heterocycles. The summed E-state index contributed by atoms with van der Waals surface area (Å²) >= 11 is 0. The molecule has 33 heavy (non-hydrogen) atoms. The Morgan fingerprint density at radius 3 is 2.12 bits per heavy atom. The summed E-state index contributed by atoms with van der Waals surface area (Å²) in [6.07, 6.45) is 4.97. The van der Waals surface area contributed by atoms with Gasteiger partial charge in [0.2, 0.25) is 0 Å². The average Bonchev–Trinajstić information content (AvgIpc) is 2.80. The van der Waals surface area contributed by atoms with Gasteiger partial charge in [-0.15, -0.1) is 0 Å². The van der Waals surface area contributed by atoms with E-state index in [9.17, 15) is 10.2 Å². The maximum atomic E-state index is 10.9. The van der Waals surface area contributed by atoms with Crippen molar-refractivity contribution in [3.05, 3.63) is 41.5 Å². The maximum Gasteiger partial charge on any atom is 0.160 e. The van der Waals surface area contributed by atoms with Crippen molar-refractivity contribution in [2.75, 3.05) is 19.8 Å². The standard InChI is InChI=1S/C27H38O6/c1-4-7-12-30-20-16-25(32-14-9-6-3)21-18-23(29)27(33-26(21)17-20)19-10-11-24(22(28)15-19)31-13-8-5-2/h10-11,15-17,23,27-29H,4-9,12-14,18H2,1-3H3/t23-,27-/m1/s1. The van der Waals surface area contributed by atoms with E-state index in [2.05, 4.69) is 20.8 Å². The summed E-state index contributed by atoms with van der Waals surface area (Å²) in [7, 11) is 0. The third-order valence-corrected chi connectivity index (χ3v) is 5.75. The quantitative estimate of drug-likeness (QED) is 0.360. The molecule has 1 aliphatic heterocycles. The van der Waals surface area contributed by atoms with Crippen LogP contribution in [0.4, 0.5) is 0 Å². The fourth-order valence-corrected chi connectivity index (χ4v) is 3.76. The highest BCUT2D eigenvalue weighted by atomic mass is 16.5. The summed E-state index contributed by atoms with van der Waals surface area (Å²) in [6.45, 7) is 8.13. The number of phenolic OH excluding ortho intramolecular Hbond substituents is 1. The lowest BCUT2D eigenvalue weighted by Crippen LogP contribution is -2.30. The van der Waals surface area contributed by atoms with Crippen molar-refractivity contribution in [1.29, 1.82) is 0 Å². The molecule has 3 rings (SSSR count).